The van der Waals surface area contributed by atoms with Crippen molar-refractivity contribution in [2.24, 2.45) is 5.92 Å². The highest BCUT2D eigenvalue weighted by Gasteiger charge is 2.47. The van der Waals surface area contributed by atoms with E-state index in [0.29, 0.717) is 29.1 Å². The summed E-state index contributed by atoms with van der Waals surface area (Å²) in [6.07, 6.45) is 3.90. The number of carbonyl (C=O) groups excluding carboxylic acids is 1. The summed E-state index contributed by atoms with van der Waals surface area (Å²) in [5.41, 5.74) is 1.57. The third-order valence-electron chi connectivity index (χ3n) is 5.99. The molecule has 2 fully saturated rings. The van der Waals surface area contributed by atoms with Crippen LogP contribution in [-0.2, 0) is 14.8 Å². The molecular weight excluding hydrogens is 424 g/mol. The molecular formula is C21H21ClN4O3S. The lowest BCUT2D eigenvalue weighted by atomic mass is 10.1. The van der Waals surface area contributed by atoms with Crippen LogP contribution in [0.15, 0.2) is 53.7 Å². The predicted molar refractivity (Wildman–Crippen MR) is 114 cm³/mol. The maximum Gasteiger partial charge on any atom is 0.245 e. The third kappa shape index (κ3) is 3.29. The van der Waals surface area contributed by atoms with Crippen LogP contribution in [0.4, 0.5) is 0 Å². The molecule has 7 nitrogen and oxygen atoms in total. The van der Waals surface area contributed by atoms with Crippen molar-refractivity contribution in [2.45, 2.75) is 17.2 Å². The quantitative estimate of drug-likeness (QED) is 0.670. The number of amides is 1. The van der Waals surface area contributed by atoms with Gasteiger partial charge in [0.15, 0.2) is 0 Å². The number of halogens is 1. The van der Waals surface area contributed by atoms with Crippen LogP contribution in [0, 0.1) is 5.92 Å². The zero-order valence-corrected chi connectivity index (χ0v) is 17.7. The largest absolute Gasteiger partial charge is 0.345 e. The first-order valence-corrected chi connectivity index (χ1v) is 11.7. The maximum atomic E-state index is 13.1. The number of hydrogen-bond acceptors (Lipinski definition) is 4. The molecule has 156 valence electrons. The second-order valence-electron chi connectivity index (χ2n) is 7.75. The van der Waals surface area contributed by atoms with Gasteiger partial charge in [0.25, 0.3) is 0 Å². The summed E-state index contributed by atoms with van der Waals surface area (Å²) >= 11 is 6.27. The van der Waals surface area contributed by atoms with Gasteiger partial charge in [0, 0.05) is 54.9 Å². The molecule has 1 N–H and O–H groups in total. The van der Waals surface area contributed by atoms with Crippen molar-refractivity contribution in [3.05, 3.63) is 59.4 Å². The smallest absolute Gasteiger partial charge is 0.245 e. The molecule has 1 saturated carbocycles. The summed E-state index contributed by atoms with van der Waals surface area (Å²) < 4.78 is 27.7. The first-order chi connectivity index (χ1) is 14.5. The molecule has 2 aliphatic rings. The van der Waals surface area contributed by atoms with Crippen LogP contribution in [0.3, 0.4) is 0 Å². The minimum Gasteiger partial charge on any atom is -0.345 e. The van der Waals surface area contributed by atoms with Crippen LogP contribution in [0.2, 0.25) is 5.02 Å². The number of H-pyrrole nitrogens is 1. The standard InChI is InChI=1S/C21H21ClN4O3S/c22-18-6-2-1-4-14(18)16-12-17(16)21(27)25-8-10-26(11-9-25)30(28,29)19-13-24-20-15(19)5-3-7-23-20/h1-7,13,16-17H,8-12H2,(H,23,24). The van der Waals surface area contributed by atoms with Gasteiger partial charge in [-0.15, -0.1) is 0 Å². The van der Waals surface area contributed by atoms with Crippen molar-refractivity contribution in [2.75, 3.05) is 26.2 Å². The van der Waals surface area contributed by atoms with Gasteiger partial charge in [-0.1, -0.05) is 29.8 Å². The van der Waals surface area contributed by atoms with E-state index in [-0.39, 0.29) is 35.7 Å². The Bertz CT molecular complexity index is 1220. The van der Waals surface area contributed by atoms with Gasteiger partial charge in [0.1, 0.15) is 10.5 Å². The van der Waals surface area contributed by atoms with E-state index < -0.39 is 10.0 Å². The number of hydrogen-bond donors (Lipinski definition) is 1. The molecule has 2 aromatic heterocycles. The first-order valence-electron chi connectivity index (χ1n) is 9.92. The van der Waals surface area contributed by atoms with Gasteiger partial charge in [-0.25, -0.2) is 13.4 Å². The van der Waals surface area contributed by atoms with Crippen molar-refractivity contribution in [1.29, 1.82) is 0 Å². The van der Waals surface area contributed by atoms with Gasteiger partial charge in [0.05, 0.1) is 0 Å². The highest BCUT2D eigenvalue weighted by molar-refractivity contribution is 7.89. The normalized spacial score (nSPS) is 22.4. The molecule has 0 spiro atoms. The van der Waals surface area contributed by atoms with E-state index in [2.05, 4.69) is 9.97 Å². The van der Waals surface area contributed by atoms with E-state index in [1.54, 1.807) is 23.2 Å². The Morgan fingerprint density at radius 1 is 1.10 bits per heavy atom. The zero-order valence-electron chi connectivity index (χ0n) is 16.2. The highest BCUT2D eigenvalue weighted by atomic mass is 35.5. The lowest BCUT2D eigenvalue weighted by molar-refractivity contribution is -0.133. The molecule has 2 atom stereocenters. The van der Waals surface area contributed by atoms with Gasteiger partial charge in [-0.2, -0.15) is 4.31 Å². The molecule has 9 heteroatoms. The van der Waals surface area contributed by atoms with Gasteiger partial charge >= 0.3 is 0 Å². The summed E-state index contributed by atoms with van der Waals surface area (Å²) in [5, 5.41) is 1.28. The van der Waals surface area contributed by atoms with Crippen molar-refractivity contribution in [1.82, 2.24) is 19.2 Å². The molecule has 1 saturated heterocycles. The zero-order chi connectivity index (χ0) is 20.9. The second-order valence-corrected chi connectivity index (χ2v) is 10.1. The Labute approximate surface area is 179 Å². The molecule has 3 aromatic rings. The number of piperazine rings is 1. The molecule has 30 heavy (non-hydrogen) atoms. The Balaban J connectivity index is 1.25. The average Bonchev–Trinajstić information content (AvgIpc) is 3.43. The van der Waals surface area contributed by atoms with Gasteiger partial charge in [-0.3, -0.25) is 4.79 Å². The predicted octanol–water partition coefficient (Wildman–Crippen LogP) is 2.85. The van der Waals surface area contributed by atoms with Crippen LogP contribution in [0.1, 0.15) is 17.9 Å². The number of aromatic nitrogens is 2. The van der Waals surface area contributed by atoms with E-state index in [9.17, 15) is 13.2 Å². The lowest BCUT2D eigenvalue weighted by Gasteiger charge is -2.34. The monoisotopic (exact) mass is 444 g/mol. The summed E-state index contributed by atoms with van der Waals surface area (Å²) in [6.45, 7) is 1.35. The molecule has 0 bridgehead atoms. The fourth-order valence-corrected chi connectivity index (χ4v) is 6.10. The average molecular weight is 445 g/mol. The number of benzene rings is 1. The van der Waals surface area contributed by atoms with Crippen LogP contribution in [-0.4, -0.2) is 59.7 Å². The molecule has 1 aliphatic carbocycles. The number of pyridine rings is 1. The van der Waals surface area contributed by atoms with Crippen LogP contribution in [0.25, 0.3) is 11.0 Å². The number of aromatic amines is 1. The number of nitrogens with one attached hydrogen (secondary N) is 1. The SMILES string of the molecule is O=C(C1CC1c1ccccc1Cl)N1CCN(S(=O)(=O)c2c[nH]c3ncccc23)CC1. The molecule has 1 aromatic carbocycles. The molecule has 1 aliphatic heterocycles. The van der Waals surface area contributed by atoms with Crippen molar-refractivity contribution in [3.63, 3.8) is 0 Å². The summed E-state index contributed by atoms with van der Waals surface area (Å²) in [5.74, 6) is 0.188. The van der Waals surface area contributed by atoms with Crippen LogP contribution >= 0.6 is 11.6 Å². The topological polar surface area (TPSA) is 86.4 Å². The van der Waals surface area contributed by atoms with E-state index in [1.165, 1.54) is 10.5 Å². The van der Waals surface area contributed by atoms with E-state index in [1.807, 2.05) is 24.3 Å². The molecule has 3 heterocycles. The second kappa shape index (κ2) is 7.37. The van der Waals surface area contributed by atoms with Crippen molar-refractivity contribution >= 4 is 38.6 Å². The highest BCUT2D eigenvalue weighted by Crippen LogP contribution is 2.50. The number of nitrogens with zero attached hydrogens (tertiary/aromatic N) is 3. The molecule has 5 rings (SSSR count). The van der Waals surface area contributed by atoms with E-state index in [4.69, 9.17) is 11.6 Å². The summed E-state index contributed by atoms with van der Waals surface area (Å²) in [7, 11) is -3.65. The summed E-state index contributed by atoms with van der Waals surface area (Å²) in [4.78, 5) is 22.0. The number of carbonyl (C=O) groups is 1. The van der Waals surface area contributed by atoms with Crippen molar-refractivity contribution < 1.29 is 13.2 Å². The van der Waals surface area contributed by atoms with Crippen molar-refractivity contribution in [3.8, 4) is 0 Å². The summed E-state index contributed by atoms with van der Waals surface area (Å²) in [6, 6.07) is 11.1. The van der Waals surface area contributed by atoms with Crippen LogP contribution in [0.5, 0.6) is 0 Å². The Morgan fingerprint density at radius 2 is 1.87 bits per heavy atom. The van der Waals surface area contributed by atoms with E-state index >= 15 is 0 Å². The first kappa shape index (κ1) is 19.5. The van der Waals surface area contributed by atoms with E-state index in [0.717, 1.165) is 12.0 Å². The van der Waals surface area contributed by atoms with Gasteiger partial charge in [0.2, 0.25) is 15.9 Å². The van der Waals surface area contributed by atoms with Gasteiger partial charge < -0.3 is 9.88 Å². The fraction of sp³-hybridized carbons (Fsp3) is 0.333. The van der Waals surface area contributed by atoms with Crippen LogP contribution < -0.4 is 0 Å². The Morgan fingerprint density at radius 3 is 2.63 bits per heavy atom. The number of sulfonamides is 1. The minimum atomic E-state index is -3.65. The maximum absolute atomic E-state index is 13.1. The molecule has 0 radical (unpaired) electrons. The number of fused-ring (bicyclic) bond motifs is 1. The third-order valence-corrected chi connectivity index (χ3v) is 8.28. The molecule has 1 amide bonds. The minimum absolute atomic E-state index is 0.0623. The van der Waals surface area contributed by atoms with Gasteiger partial charge in [-0.05, 0) is 36.1 Å². The Kier molecular flexibility index (Phi) is 4.80. The Hall–Kier alpha value is -2.42. The lowest BCUT2D eigenvalue weighted by Crippen LogP contribution is -2.51. The molecule has 2 unspecified atom stereocenters. The fourth-order valence-electron chi connectivity index (χ4n) is 4.25. The number of rotatable bonds is 4.